The molecule has 0 bridgehead atoms. The van der Waals surface area contributed by atoms with Crippen LogP contribution in [0.25, 0.3) is 22.1 Å². The molecule has 1 aromatic heterocycles. The number of nitrogens with two attached hydrogens (primary N) is 1. The van der Waals surface area contributed by atoms with Crippen LogP contribution in [0, 0.1) is 0 Å². The second kappa shape index (κ2) is 7.27. The number of benzene rings is 2. The van der Waals surface area contributed by atoms with E-state index in [0.29, 0.717) is 28.7 Å². The highest BCUT2D eigenvalue weighted by atomic mass is 19.1. The molecule has 5 nitrogen and oxygen atoms in total. The van der Waals surface area contributed by atoms with Gasteiger partial charge in [-0.25, -0.2) is 9.18 Å². The average molecular weight is 341 g/mol. The SMILES string of the molecule is NC(=O)c1ccc2oc(=O)cc(-c3ccc(COCCF)cc3)c2c1. The van der Waals surface area contributed by atoms with Crippen molar-refractivity contribution >= 4 is 16.9 Å². The molecule has 128 valence electrons. The second-order valence-corrected chi connectivity index (χ2v) is 5.49. The molecule has 0 aliphatic carbocycles. The lowest BCUT2D eigenvalue weighted by molar-refractivity contribution is 0.100. The number of amides is 1. The fraction of sp³-hybridized carbons (Fsp3) is 0.158. The predicted molar refractivity (Wildman–Crippen MR) is 92.1 cm³/mol. The van der Waals surface area contributed by atoms with Gasteiger partial charge in [-0.1, -0.05) is 24.3 Å². The Balaban J connectivity index is 2.03. The lowest BCUT2D eigenvalue weighted by atomic mass is 9.99. The zero-order valence-corrected chi connectivity index (χ0v) is 13.3. The van der Waals surface area contributed by atoms with Gasteiger partial charge in [-0.2, -0.15) is 0 Å². The number of fused-ring (bicyclic) bond motifs is 1. The van der Waals surface area contributed by atoms with E-state index in [1.807, 2.05) is 24.3 Å². The number of ether oxygens (including phenoxy) is 1. The molecule has 0 saturated carbocycles. The summed E-state index contributed by atoms with van der Waals surface area (Å²) in [7, 11) is 0. The summed E-state index contributed by atoms with van der Waals surface area (Å²) < 4.78 is 22.4. The maximum absolute atomic E-state index is 12.1. The van der Waals surface area contributed by atoms with Crippen molar-refractivity contribution in [2.45, 2.75) is 6.61 Å². The van der Waals surface area contributed by atoms with E-state index in [-0.39, 0.29) is 6.61 Å². The van der Waals surface area contributed by atoms with E-state index in [4.69, 9.17) is 14.9 Å². The molecule has 0 radical (unpaired) electrons. The van der Waals surface area contributed by atoms with Gasteiger partial charge in [0.2, 0.25) is 5.91 Å². The molecule has 0 atom stereocenters. The zero-order chi connectivity index (χ0) is 17.8. The number of hydrogen-bond donors (Lipinski definition) is 1. The minimum Gasteiger partial charge on any atom is -0.423 e. The topological polar surface area (TPSA) is 82.5 Å². The number of rotatable bonds is 6. The molecule has 0 spiro atoms. The standard InChI is InChI=1S/C19H16FNO4/c20-7-8-24-11-12-1-3-13(4-2-12)15-10-18(22)25-17-6-5-14(19(21)23)9-16(15)17/h1-6,9-10H,7-8,11H2,(H2,21,23). The Morgan fingerprint density at radius 1 is 1.12 bits per heavy atom. The number of carbonyl (C=O) groups is 1. The van der Waals surface area contributed by atoms with Crippen molar-refractivity contribution in [3.05, 3.63) is 70.1 Å². The van der Waals surface area contributed by atoms with E-state index in [1.54, 1.807) is 12.1 Å². The highest BCUT2D eigenvalue weighted by Gasteiger charge is 2.11. The van der Waals surface area contributed by atoms with Crippen molar-refractivity contribution in [2.24, 2.45) is 5.73 Å². The lowest BCUT2D eigenvalue weighted by Gasteiger charge is -2.08. The fourth-order valence-corrected chi connectivity index (χ4v) is 2.58. The van der Waals surface area contributed by atoms with E-state index in [0.717, 1.165) is 11.1 Å². The summed E-state index contributed by atoms with van der Waals surface area (Å²) in [5, 5.41) is 0.623. The molecule has 3 aromatic rings. The third-order valence-electron chi connectivity index (χ3n) is 3.78. The minimum absolute atomic E-state index is 0.0576. The van der Waals surface area contributed by atoms with Crippen molar-refractivity contribution < 1.29 is 18.3 Å². The van der Waals surface area contributed by atoms with Crippen LogP contribution in [0.4, 0.5) is 4.39 Å². The molecule has 2 aromatic carbocycles. The molecule has 6 heteroatoms. The van der Waals surface area contributed by atoms with E-state index in [9.17, 15) is 14.0 Å². The summed E-state index contributed by atoms with van der Waals surface area (Å²) in [5.74, 6) is -0.556. The van der Waals surface area contributed by atoms with Crippen molar-refractivity contribution in [1.82, 2.24) is 0 Å². The smallest absolute Gasteiger partial charge is 0.336 e. The normalized spacial score (nSPS) is 10.9. The molecule has 2 N–H and O–H groups in total. The first-order valence-corrected chi connectivity index (χ1v) is 7.69. The number of primary amides is 1. The molecule has 3 rings (SSSR count). The van der Waals surface area contributed by atoms with Gasteiger partial charge >= 0.3 is 5.63 Å². The van der Waals surface area contributed by atoms with Crippen LogP contribution in [0.15, 0.2) is 57.7 Å². The van der Waals surface area contributed by atoms with Gasteiger partial charge in [0, 0.05) is 17.0 Å². The van der Waals surface area contributed by atoms with E-state index in [2.05, 4.69) is 0 Å². The summed E-state index contributed by atoms with van der Waals surface area (Å²) in [6.07, 6.45) is 0. The van der Waals surface area contributed by atoms with Gasteiger partial charge in [-0.15, -0.1) is 0 Å². The summed E-state index contributed by atoms with van der Waals surface area (Å²) in [5.41, 5.74) is 7.88. The highest BCUT2D eigenvalue weighted by molar-refractivity contribution is 6.00. The number of carbonyl (C=O) groups excluding carboxylic acids is 1. The van der Waals surface area contributed by atoms with Crippen LogP contribution < -0.4 is 11.4 Å². The molecular formula is C19H16FNO4. The van der Waals surface area contributed by atoms with Gasteiger partial charge in [0.1, 0.15) is 12.3 Å². The van der Waals surface area contributed by atoms with Crippen molar-refractivity contribution in [1.29, 1.82) is 0 Å². The van der Waals surface area contributed by atoms with Crippen LogP contribution in [0.2, 0.25) is 0 Å². The summed E-state index contributed by atoms with van der Waals surface area (Å²) >= 11 is 0. The first kappa shape index (κ1) is 16.9. The fourth-order valence-electron chi connectivity index (χ4n) is 2.58. The molecule has 0 fully saturated rings. The highest BCUT2D eigenvalue weighted by Crippen LogP contribution is 2.28. The van der Waals surface area contributed by atoms with Gasteiger partial charge in [-0.3, -0.25) is 4.79 Å². The van der Waals surface area contributed by atoms with Gasteiger partial charge in [-0.05, 0) is 34.9 Å². The maximum Gasteiger partial charge on any atom is 0.336 e. The Morgan fingerprint density at radius 2 is 1.88 bits per heavy atom. The quantitative estimate of drug-likeness (QED) is 0.552. The zero-order valence-electron chi connectivity index (χ0n) is 13.3. The van der Waals surface area contributed by atoms with Crippen LogP contribution in [-0.4, -0.2) is 19.2 Å². The molecule has 0 saturated heterocycles. The lowest BCUT2D eigenvalue weighted by Crippen LogP contribution is -2.10. The van der Waals surface area contributed by atoms with Gasteiger partial charge in [0.05, 0.1) is 13.2 Å². The van der Waals surface area contributed by atoms with Crippen molar-refractivity contribution in [2.75, 3.05) is 13.3 Å². The van der Waals surface area contributed by atoms with E-state index >= 15 is 0 Å². The third kappa shape index (κ3) is 3.75. The van der Waals surface area contributed by atoms with Crippen molar-refractivity contribution in [3.63, 3.8) is 0 Å². The molecule has 25 heavy (non-hydrogen) atoms. The Morgan fingerprint density at radius 3 is 2.56 bits per heavy atom. The summed E-state index contributed by atoms with van der Waals surface area (Å²) in [6, 6.07) is 13.4. The Bertz CT molecular complexity index is 963. The minimum atomic E-state index is -0.556. The predicted octanol–water partition coefficient (Wildman–Crippen LogP) is 3.05. The largest absolute Gasteiger partial charge is 0.423 e. The van der Waals surface area contributed by atoms with Crippen LogP contribution >= 0.6 is 0 Å². The number of alkyl halides is 1. The van der Waals surface area contributed by atoms with Crippen LogP contribution in [-0.2, 0) is 11.3 Å². The molecule has 0 aliphatic rings. The number of hydrogen-bond acceptors (Lipinski definition) is 4. The number of halogens is 1. The summed E-state index contributed by atoms with van der Waals surface area (Å²) in [6.45, 7) is -0.151. The van der Waals surface area contributed by atoms with Gasteiger partial charge < -0.3 is 14.9 Å². The molecule has 0 aliphatic heterocycles. The van der Waals surface area contributed by atoms with E-state index < -0.39 is 18.2 Å². The molecule has 1 heterocycles. The average Bonchev–Trinajstić information content (AvgIpc) is 2.61. The van der Waals surface area contributed by atoms with Crippen LogP contribution in [0.5, 0.6) is 0 Å². The molecule has 0 unspecified atom stereocenters. The summed E-state index contributed by atoms with van der Waals surface area (Å²) in [4.78, 5) is 23.2. The first-order valence-electron chi connectivity index (χ1n) is 7.69. The van der Waals surface area contributed by atoms with Crippen LogP contribution in [0.1, 0.15) is 15.9 Å². The van der Waals surface area contributed by atoms with Crippen molar-refractivity contribution in [3.8, 4) is 11.1 Å². The van der Waals surface area contributed by atoms with Gasteiger partial charge in [0.25, 0.3) is 0 Å². The van der Waals surface area contributed by atoms with E-state index in [1.165, 1.54) is 12.1 Å². The monoisotopic (exact) mass is 341 g/mol. The Kier molecular flexibility index (Phi) is 4.90. The Labute approximate surface area is 142 Å². The maximum atomic E-state index is 12.1. The molecular weight excluding hydrogens is 325 g/mol. The first-order chi connectivity index (χ1) is 12.1. The van der Waals surface area contributed by atoms with Crippen LogP contribution in [0.3, 0.4) is 0 Å². The Hall–Kier alpha value is -2.99. The molecule has 1 amide bonds. The third-order valence-corrected chi connectivity index (χ3v) is 3.78. The second-order valence-electron chi connectivity index (χ2n) is 5.49. The van der Waals surface area contributed by atoms with Gasteiger partial charge in [0.15, 0.2) is 0 Å².